The standard InChI is InChI=1S/C14H15OP.CH4O/c15-11-12-16(13-7-3-1-4-8-13)14-9-5-2-6-10-14;1-2/h1-10,15H,11-12H2;2H,1H3. The molecule has 96 valence electrons. The van der Waals surface area contributed by atoms with Gasteiger partial charge in [0, 0.05) is 13.7 Å². The van der Waals surface area contributed by atoms with Crippen LogP contribution in [0.4, 0.5) is 0 Å². The van der Waals surface area contributed by atoms with Gasteiger partial charge in [0.15, 0.2) is 0 Å². The molecule has 3 heteroatoms. The van der Waals surface area contributed by atoms with Crippen molar-refractivity contribution in [3.63, 3.8) is 0 Å². The van der Waals surface area contributed by atoms with Gasteiger partial charge in [-0.1, -0.05) is 60.7 Å². The Hall–Kier alpha value is -1.21. The lowest BCUT2D eigenvalue weighted by molar-refractivity contribution is 0.322. The van der Waals surface area contributed by atoms with Crippen molar-refractivity contribution >= 4 is 18.5 Å². The molecule has 0 atom stereocenters. The number of aliphatic hydroxyl groups is 2. The van der Waals surface area contributed by atoms with Gasteiger partial charge in [0.05, 0.1) is 0 Å². The third kappa shape index (κ3) is 4.23. The molecule has 0 saturated carbocycles. The van der Waals surface area contributed by atoms with Crippen LogP contribution in [0.15, 0.2) is 60.7 Å². The summed E-state index contributed by atoms with van der Waals surface area (Å²) in [4.78, 5) is 0. The van der Waals surface area contributed by atoms with Crippen molar-refractivity contribution in [3.8, 4) is 0 Å². The predicted molar refractivity (Wildman–Crippen MR) is 79.2 cm³/mol. The zero-order chi connectivity index (χ0) is 13.2. The molecule has 2 nitrogen and oxygen atoms in total. The highest BCUT2D eigenvalue weighted by Gasteiger charge is 2.11. The lowest BCUT2D eigenvalue weighted by atomic mass is 10.4. The highest BCUT2D eigenvalue weighted by molar-refractivity contribution is 7.73. The van der Waals surface area contributed by atoms with Gasteiger partial charge in [-0.3, -0.25) is 0 Å². The maximum atomic E-state index is 9.18. The van der Waals surface area contributed by atoms with Crippen molar-refractivity contribution in [1.29, 1.82) is 0 Å². The molecule has 0 heterocycles. The van der Waals surface area contributed by atoms with E-state index in [1.54, 1.807) is 0 Å². The van der Waals surface area contributed by atoms with Gasteiger partial charge in [0.1, 0.15) is 0 Å². The van der Waals surface area contributed by atoms with E-state index in [1.807, 2.05) is 12.1 Å². The zero-order valence-electron chi connectivity index (χ0n) is 10.5. The van der Waals surface area contributed by atoms with Crippen molar-refractivity contribution in [1.82, 2.24) is 0 Å². The Morgan fingerprint density at radius 1 is 0.778 bits per heavy atom. The van der Waals surface area contributed by atoms with E-state index in [0.717, 1.165) is 13.3 Å². The van der Waals surface area contributed by atoms with Crippen LogP contribution >= 0.6 is 7.92 Å². The molecule has 2 N–H and O–H groups in total. The molecule has 0 unspecified atom stereocenters. The second-order valence-electron chi connectivity index (χ2n) is 3.55. The van der Waals surface area contributed by atoms with Crippen LogP contribution in [0.1, 0.15) is 0 Å². The maximum Gasteiger partial charge on any atom is 0.0476 e. The molecule has 0 aromatic heterocycles. The van der Waals surface area contributed by atoms with Crippen LogP contribution in [0, 0.1) is 0 Å². The minimum absolute atomic E-state index is 0.246. The second kappa shape index (κ2) is 8.82. The Morgan fingerprint density at radius 3 is 1.50 bits per heavy atom. The molecule has 0 fully saturated rings. The normalized spacial score (nSPS) is 9.78. The quantitative estimate of drug-likeness (QED) is 0.824. The van der Waals surface area contributed by atoms with Crippen LogP contribution in [0.25, 0.3) is 0 Å². The van der Waals surface area contributed by atoms with Gasteiger partial charge in [-0.25, -0.2) is 0 Å². The first-order chi connectivity index (χ1) is 8.92. The Morgan fingerprint density at radius 2 is 1.17 bits per heavy atom. The molecular formula is C15H19O2P. The summed E-state index contributed by atoms with van der Waals surface area (Å²) in [5.41, 5.74) is 0. The summed E-state index contributed by atoms with van der Waals surface area (Å²) in [6, 6.07) is 20.9. The monoisotopic (exact) mass is 262 g/mol. The molecule has 0 bridgehead atoms. The van der Waals surface area contributed by atoms with E-state index in [9.17, 15) is 5.11 Å². The fraction of sp³-hybridized carbons (Fsp3) is 0.200. The van der Waals surface area contributed by atoms with Crippen molar-refractivity contribution in [3.05, 3.63) is 60.7 Å². The van der Waals surface area contributed by atoms with Crippen molar-refractivity contribution < 1.29 is 10.2 Å². The van der Waals surface area contributed by atoms with Gasteiger partial charge < -0.3 is 10.2 Å². The first kappa shape index (κ1) is 14.8. The molecule has 2 aromatic rings. The average molecular weight is 262 g/mol. The van der Waals surface area contributed by atoms with E-state index < -0.39 is 7.92 Å². The summed E-state index contributed by atoms with van der Waals surface area (Å²) in [5.74, 6) is 0. The number of hydrogen-bond acceptors (Lipinski definition) is 2. The summed E-state index contributed by atoms with van der Waals surface area (Å²) in [5, 5.41) is 18.8. The third-order valence-corrected chi connectivity index (χ3v) is 4.95. The fourth-order valence-electron chi connectivity index (χ4n) is 1.72. The molecule has 0 amide bonds. The van der Waals surface area contributed by atoms with Gasteiger partial charge in [-0.2, -0.15) is 0 Å². The van der Waals surface area contributed by atoms with Gasteiger partial charge in [-0.05, 0) is 24.7 Å². The Kier molecular flexibility index (Phi) is 7.28. The van der Waals surface area contributed by atoms with Gasteiger partial charge in [0.25, 0.3) is 0 Å². The summed E-state index contributed by atoms with van der Waals surface area (Å²) >= 11 is 0. The number of benzene rings is 2. The van der Waals surface area contributed by atoms with Gasteiger partial charge >= 0.3 is 0 Å². The third-order valence-electron chi connectivity index (χ3n) is 2.46. The Balaban J connectivity index is 0.000000771. The molecule has 0 aliphatic carbocycles. The highest BCUT2D eigenvalue weighted by Crippen LogP contribution is 2.32. The van der Waals surface area contributed by atoms with Crippen LogP contribution < -0.4 is 10.6 Å². The summed E-state index contributed by atoms with van der Waals surface area (Å²) < 4.78 is 0. The average Bonchev–Trinajstić information content (AvgIpc) is 2.49. The van der Waals surface area contributed by atoms with Gasteiger partial charge in [-0.15, -0.1) is 0 Å². The van der Waals surface area contributed by atoms with Crippen LogP contribution in [0.3, 0.4) is 0 Å². The predicted octanol–water partition coefficient (Wildman–Crippen LogP) is 1.72. The molecule has 0 aliphatic rings. The zero-order valence-corrected chi connectivity index (χ0v) is 11.4. The maximum absolute atomic E-state index is 9.18. The van der Waals surface area contributed by atoms with E-state index in [1.165, 1.54) is 10.6 Å². The van der Waals surface area contributed by atoms with Crippen molar-refractivity contribution in [2.45, 2.75) is 0 Å². The van der Waals surface area contributed by atoms with Crippen LogP contribution in [0.2, 0.25) is 0 Å². The van der Waals surface area contributed by atoms with Crippen LogP contribution in [-0.2, 0) is 0 Å². The van der Waals surface area contributed by atoms with E-state index in [-0.39, 0.29) is 6.61 Å². The van der Waals surface area contributed by atoms with Crippen molar-refractivity contribution in [2.75, 3.05) is 19.9 Å². The Labute approximate surface area is 110 Å². The van der Waals surface area contributed by atoms with E-state index in [4.69, 9.17) is 5.11 Å². The highest BCUT2D eigenvalue weighted by atomic mass is 31.1. The Bertz CT molecular complexity index is 378. The second-order valence-corrected chi connectivity index (χ2v) is 5.88. The minimum atomic E-state index is -0.401. The largest absolute Gasteiger partial charge is 0.400 e. The first-order valence-electron chi connectivity index (χ1n) is 5.85. The lowest BCUT2D eigenvalue weighted by Gasteiger charge is -2.17. The van der Waals surface area contributed by atoms with E-state index >= 15 is 0 Å². The SMILES string of the molecule is CO.OCCP(c1ccccc1)c1ccccc1. The topological polar surface area (TPSA) is 40.5 Å². The fourth-order valence-corrected chi connectivity index (χ4v) is 3.80. The molecule has 2 aromatic carbocycles. The molecule has 0 radical (unpaired) electrons. The van der Waals surface area contributed by atoms with Crippen LogP contribution in [0.5, 0.6) is 0 Å². The molecular weight excluding hydrogens is 243 g/mol. The molecule has 0 aliphatic heterocycles. The van der Waals surface area contributed by atoms with E-state index in [0.29, 0.717) is 0 Å². The van der Waals surface area contributed by atoms with Gasteiger partial charge in [0.2, 0.25) is 0 Å². The summed E-state index contributed by atoms with van der Waals surface area (Å²) in [7, 11) is 0.599. The molecule has 0 spiro atoms. The smallest absolute Gasteiger partial charge is 0.0476 e. The molecule has 18 heavy (non-hydrogen) atoms. The minimum Gasteiger partial charge on any atom is -0.400 e. The van der Waals surface area contributed by atoms with Crippen molar-refractivity contribution in [2.24, 2.45) is 0 Å². The number of aliphatic hydroxyl groups excluding tert-OH is 2. The molecule has 0 saturated heterocycles. The first-order valence-corrected chi connectivity index (χ1v) is 7.38. The number of hydrogen-bond donors (Lipinski definition) is 2. The molecule has 2 rings (SSSR count). The summed E-state index contributed by atoms with van der Waals surface area (Å²) in [6.07, 6.45) is 0.837. The van der Waals surface area contributed by atoms with Crippen LogP contribution in [-0.4, -0.2) is 30.1 Å². The number of rotatable bonds is 4. The van der Waals surface area contributed by atoms with E-state index in [2.05, 4.69) is 48.5 Å². The summed E-state index contributed by atoms with van der Waals surface area (Å²) in [6.45, 7) is 0.246. The lowest BCUT2D eigenvalue weighted by Crippen LogP contribution is -2.15.